The van der Waals surface area contributed by atoms with Gasteiger partial charge in [0.05, 0.1) is 6.20 Å². The van der Waals surface area contributed by atoms with Gasteiger partial charge in [-0.25, -0.2) is 9.37 Å². The maximum atomic E-state index is 13.4. The fourth-order valence-electron chi connectivity index (χ4n) is 3.45. The third kappa shape index (κ3) is 4.11. The summed E-state index contributed by atoms with van der Waals surface area (Å²) in [5, 5.41) is 17.1. The van der Waals surface area contributed by atoms with Crippen LogP contribution in [0.25, 0.3) is 11.5 Å². The van der Waals surface area contributed by atoms with Crippen LogP contribution in [0.4, 0.5) is 4.39 Å². The van der Waals surface area contributed by atoms with Crippen molar-refractivity contribution in [2.45, 2.75) is 18.9 Å². The summed E-state index contributed by atoms with van der Waals surface area (Å²) in [6, 6.07) is 14.0. The molecule has 0 saturated carbocycles. The number of nitrogens with one attached hydrogen (secondary N) is 1. The lowest BCUT2D eigenvalue weighted by molar-refractivity contribution is 0.466. The normalized spacial score (nSPS) is 12.1. The van der Waals surface area contributed by atoms with E-state index in [-0.39, 0.29) is 17.4 Å². The number of halogens is 2. The molecular formula is C22H18ClFN4O2. The Morgan fingerprint density at radius 3 is 2.47 bits per heavy atom. The Hall–Kier alpha value is -3.45. The highest BCUT2D eigenvalue weighted by Crippen LogP contribution is 2.31. The molecule has 0 amide bonds. The second-order valence-corrected chi connectivity index (χ2v) is 7.28. The topological polar surface area (TPSA) is 83.8 Å². The number of benzene rings is 2. The Labute approximate surface area is 176 Å². The van der Waals surface area contributed by atoms with Crippen molar-refractivity contribution in [1.82, 2.24) is 19.7 Å². The summed E-state index contributed by atoms with van der Waals surface area (Å²) in [4.78, 5) is 16.0. The van der Waals surface area contributed by atoms with Gasteiger partial charge in [0.25, 0.3) is 0 Å². The lowest BCUT2D eigenvalue weighted by Crippen LogP contribution is -2.10. The number of aromatic amines is 1. The molecule has 0 spiro atoms. The average molecular weight is 425 g/mol. The van der Waals surface area contributed by atoms with E-state index in [9.17, 15) is 14.3 Å². The summed E-state index contributed by atoms with van der Waals surface area (Å²) in [7, 11) is 0. The fraction of sp³-hybridized carbons (Fsp3) is 0.136. The van der Waals surface area contributed by atoms with E-state index in [2.05, 4.69) is 15.2 Å². The first-order valence-corrected chi connectivity index (χ1v) is 9.70. The molecule has 0 radical (unpaired) electrons. The molecule has 4 aromatic rings. The molecule has 6 nitrogen and oxygen atoms in total. The summed E-state index contributed by atoms with van der Waals surface area (Å²) in [5.74, 6) is -0.321. The fourth-order valence-corrected chi connectivity index (χ4v) is 3.58. The van der Waals surface area contributed by atoms with E-state index >= 15 is 0 Å². The Morgan fingerprint density at radius 1 is 1.10 bits per heavy atom. The van der Waals surface area contributed by atoms with E-state index in [0.717, 1.165) is 17.3 Å². The molecule has 1 unspecified atom stereocenters. The molecular weight excluding hydrogens is 407 g/mol. The SMILES string of the molecule is O=c1cn[nH]c(-c2nccn2CCC(c2ccc(F)cc2)c2ccc(Cl)cc2)c1O. The highest BCUT2D eigenvalue weighted by Gasteiger charge is 2.18. The van der Waals surface area contributed by atoms with Crippen LogP contribution in [-0.4, -0.2) is 24.9 Å². The minimum atomic E-state index is -0.580. The molecule has 0 bridgehead atoms. The van der Waals surface area contributed by atoms with Crippen LogP contribution in [0.2, 0.25) is 5.02 Å². The number of aromatic hydroxyl groups is 1. The lowest BCUT2D eigenvalue weighted by Gasteiger charge is -2.19. The molecule has 0 aliphatic heterocycles. The predicted octanol–water partition coefficient (Wildman–Crippen LogP) is 4.35. The molecule has 2 aromatic carbocycles. The first-order chi connectivity index (χ1) is 14.5. The molecule has 0 aliphatic carbocycles. The van der Waals surface area contributed by atoms with Gasteiger partial charge in [-0.15, -0.1) is 0 Å². The van der Waals surface area contributed by atoms with E-state index in [1.165, 1.54) is 12.1 Å². The van der Waals surface area contributed by atoms with Gasteiger partial charge in [0.15, 0.2) is 11.6 Å². The quantitative estimate of drug-likeness (QED) is 0.482. The summed E-state index contributed by atoms with van der Waals surface area (Å²) in [5.41, 5.74) is 1.60. The van der Waals surface area contributed by atoms with Gasteiger partial charge in [-0.3, -0.25) is 9.89 Å². The van der Waals surface area contributed by atoms with E-state index in [1.54, 1.807) is 24.5 Å². The number of hydrogen-bond donors (Lipinski definition) is 2. The molecule has 2 heterocycles. The van der Waals surface area contributed by atoms with E-state index < -0.39 is 11.2 Å². The zero-order valence-corrected chi connectivity index (χ0v) is 16.6. The summed E-state index contributed by atoms with van der Waals surface area (Å²) in [6.45, 7) is 0.538. The number of imidazole rings is 1. The van der Waals surface area contributed by atoms with E-state index in [1.807, 2.05) is 28.8 Å². The van der Waals surface area contributed by atoms with Crippen molar-refractivity contribution in [1.29, 1.82) is 0 Å². The van der Waals surface area contributed by atoms with E-state index in [0.29, 0.717) is 23.8 Å². The minimum absolute atomic E-state index is 0.0142. The molecule has 0 aliphatic rings. The van der Waals surface area contributed by atoms with Crippen molar-refractivity contribution >= 4 is 11.6 Å². The Morgan fingerprint density at radius 2 is 1.77 bits per heavy atom. The van der Waals surface area contributed by atoms with Crippen molar-refractivity contribution in [2.75, 3.05) is 0 Å². The number of H-pyrrole nitrogens is 1. The van der Waals surface area contributed by atoms with Crippen LogP contribution in [-0.2, 0) is 6.54 Å². The monoisotopic (exact) mass is 424 g/mol. The number of nitrogens with zero attached hydrogens (tertiary/aromatic N) is 3. The van der Waals surface area contributed by atoms with Gasteiger partial charge in [0.2, 0.25) is 5.43 Å². The molecule has 4 rings (SSSR count). The number of aromatic nitrogens is 4. The first-order valence-electron chi connectivity index (χ1n) is 9.32. The first kappa shape index (κ1) is 19.8. The maximum Gasteiger partial charge on any atom is 0.242 e. The molecule has 8 heteroatoms. The standard InChI is InChI=1S/C22H18ClFN4O2/c23-16-5-1-14(2-6-16)18(15-3-7-17(24)8-4-15)9-11-28-12-10-25-22(28)20-21(30)19(29)13-26-27-20/h1-8,10,12-13,18H,9,11H2,(H,26,30)(H,27,29). The predicted molar refractivity (Wildman–Crippen MR) is 112 cm³/mol. The molecule has 0 saturated heterocycles. The third-order valence-electron chi connectivity index (χ3n) is 4.97. The highest BCUT2D eigenvalue weighted by atomic mass is 35.5. The van der Waals surface area contributed by atoms with E-state index in [4.69, 9.17) is 11.6 Å². The number of aryl methyl sites for hydroxylation is 1. The molecule has 1 atom stereocenters. The van der Waals surface area contributed by atoms with Gasteiger partial charge in [-0.1, -0.05) is 35.9 Å². The summed E-state index contributed by atoms with van der Waals surface area (Å²) >= 11 is 6.04. The second kappa shape index (κ2) is 8.51. The van der Waals surface area contributed by atoms with Crippen molar-refractivity contribution in [3.63, 3.8) is 0 Å². The lowest BCUT2D eigenvalue weighted by atomic mass is 9.88. The van der Waals surface area contributed by atoms with Gasteiger partial charge in [-0.2, -0.15) is 5.10 Å². The van der Waals surface area contributed by atoms with Crippen LogP contribution in [0.3, 0.4) is 0 Å². The van der Waals surface area contributed by atoms with Crippen molar-refractivity contribution < 1.29 is 9.50 Å². The summed E-state index contributed by atoms with van der Waals surface area (Å²) in [6.07, 6.45) is 5.04. The van der Waals surface area contributed by atoms with Crippen LogP contribution >= 0.6 is 11.6 Å². The van der Waals surface area contributed by atoms with Gasteiger partial charge >= 0.3 is 0 Å². The molecule has 2 aromatic heterocycles. The molecule has 0 fully saturated rings. The molecule has 152 valence electrons. The van der Waals surface area contributed by atoms with Crippen LogP contribution in [0.5, 0.6) is 5.75 Å². The highest BCUT2D eigenvalue weighted by molar-refractivity contribution is 6.30. The Balaban J connectivity index is 1.65. The van der Waals surface area contributed by atoms with Crippen LogP contribution in [0.1, 0.15) is 23.5 Å². The maximum absolute atomic E-state index is 13.4. The second-order valence-electron chi connectivity index (χ2n) is 6.85. The van der Waals surface area contributed by atoms with Crippen LogP contribution < -0.4 is 5.43 Å². The van der Waals surface area contributed by atoms with Crippen LogP contribution in [0, 0.1) is 5.82 Å². The number of hydrogen-bond acceptors (Lipinski definition) is 4. The molecule has 30 heavy (non-hydrogen) atoms. The third-order valence-corrected chi connectivity index (χ3v) is 5.22. The summed E-state index contributed by atoms with van der Waals surface area (Å²) < 4.78 is 15.3. The van der Waals surface area contributed by atoms with Crippen molar-refractivity contribution in [3.05, 3.63) is 99.3 Å². The Bertz CT molecular complexity index is 1160. The van der Waals surface area contributed by atoms with Gasteiger partial charge in [0, 0.05) is 29.9 Å². The van der Waals surface area contributed by atoms with Crippen LogP contribution in [0.15, 0.2) is 71.9 Å². The zero-order chi connectivity index (χ0) is 21.1. The Kier molecular flexibility index (Phi) is 5.63. The van der Waals surface area contributed by atoms with Gasteiger partial charge in [0.1, 0.15) is 11.5 Å². The molecule has 2 N–H and O–H groups in total. The smallest absolute Gasteiger partial charge is 0.242 e. The minimum Gasteiger partial charge on any atom is -0.503 e. The largest absolute Gasteiger partial charge is 0.503 e. The van der Waals surface area contributed by atoms with Crippen molar-refractivity contribution in [3.8, 4) is 17.3 Å². The van der Waals surface area contributed by atoms with Gasteiger partial charge < -0.3 is 9.67 Å². The number of rotatable bonds is 6. The van der Waals surface area contributed by atoms with Crippen molar-refractivity contribution in [2.24, 2.45) is 0 Å². The average Bonchev–Trinajstić information content (AvgIpc) is 3.21. The van der Waals surface area contributed by atoms with Gasteiger partial charge in [-0.05, 0) is 41.8 Å². The zero-order valence-electron chi connectivity index (χ0n) is 15.8.